The highest BCUT2D eigenvalue weighted by atomic mass is 32.4. The number of nitrogens with two attached hydrogens (primary N) is 1. The van der Waals surface area contributed by atoms with E-state index in [2.05, 4.69) is 10.3 Å². The van der Waals surface area contributed by atoms with Crippen LogP contribution in [0, 0.1) is 0 Å². The SMILES string of the molecule is CCCNC1CCC2=C(C1)S13(OC(=O)C=CC(=O)O1)(OC(=O)C=CC(=O)O3)C(N)=N2. The molecule has 1 atom stereocenters. The van der Waals surface area contributed by atoms with Gasteiger partial charge in [-0.15, -0.1) is 0 Å². The smallest absolute Gasteiger partial charge is 0.348 e. The van der Waals surface area contributed by atoms with Crippen LogP contribution in [0.1, 0.15) is 32.6 Å². The van der Waals surface area contributed by atoms with Gasteiger partial charge in [0.05, 0.1) is 5.70 Å². The summed E-state index contributed by atoms with van der Waals surface area (Å²) in [7, 11) is -6.35. The Morgan fingerprint density at radius 3 is 1.97 bits per heavy atom. The molecule has 0 aromatic carbocycles. The van der Waals surface area contributed by atoms with Crippen molar-refractivity contribution < 1.29 is 35.9 Å². The van der Waals surface area contributed by atoms with E-state index >= 15 is 0 Å². The molecule has 0 radical (unpaired) electrons. The molecule has 11 nitrogen and oxygen atoms in total. The third kappa shape index (κ3) is 2.46. The van der Waals surface area contributed by atoms with Crippen LogP contribution in [0.4, 0.5) is 0 Å². The normalized spacial score (nSPS) is 30.4. The maximum absolute atomic E-state index is 12.6. The Labute approximate surface area is 171 Å². The van der Waals surface area contributed by atoms with Crippen LogP contribution in [-0.4, -0.2) is 41.6 Å². The summed E-state index contributed by atoms with van der Waals surface area (Å²) in [6.07, 6.45) is 4.99. The highest BCUT2D eigenvalue weighted by Gasteiger charge is 2.82. The summed E-state index contributed by atoms with van der Waals surface area (Å²) in [5.41, 5.74) is 6.50. The first-order valence-electron chi connectivity index (χ1n) is 9.39. The van der Waals surface area contributed by atoms with E-state index in [1.54, 1.807) is 0 Å². The first-order chi connectivity index (χ1) is 14.2. The van der Waals surface area contributed by atoms with Crippen molar-refractivity contribution in [2.24, 2.45) is 10.7 Å². The summed E-state index contributed by atoms with van der Waals surface area (Å²) in [4.78, 5) is 54.6. The molecule has 0 saturated heterocycles. The van der Waals surface area contributed by atoms with Gasteiger partial charge in [0.25, 0.3) is 5.17 Å². The lowest BCUT2D eigenvalue weighted by atomic mass is 9.99. The van der Waals surface area contributed by atoms with E-state index in [4.69, 9.17) is 22.5 Å². The fraction of sp³-hybridized carbons (Fsp3) is 0.389. The quantitative estimate of drug-likeness (QED) is 0.648. The van der Waals surface area contributed by atoms with E-state index in [9.17, 15) is 19.2 Å². The standard InChI is InChI=1S/C18H21N3O8S/c1-2-9-20-11-3-4-12-13(10-11)30(18(19)21-12,26-14(22)5-6-15(23)27-30)28-16(24)7-8-17(25)29-30/h5-8,11,20H,2-4,9-10H2,1H3,(H2,19,21). The maximum atomic E-state index is 12.6. The lowest BCUT2D eigenvalue weighted by molar-refractivity contribution is -0.141. The predicted molar refractivity (Wildman–Crippen MR) is 105 cm³/mol. The Bertz CT molecular complexity index is 927. The topological polar surface area (TPSA) is 156 Å². The molecule has 3 aliphatic heterocycles. The average Bonchev–Trinajstić information content (AvgIpc) is 2.77. The molecule has 12 heteroatoms. The van der Waals surface area contributed by atoms with Crippen LogP contribution < -0.4 is 11.1 Å². The number of nitrogens with zero attached hydrogens (tertiary/aromatic N) is 1. The second kappa shape index (κ2) is 6.19. The van der Waals surface area contributed by atoms with Gasteiger partial charge >= 0.3 is 23.9 Å². The molecule has 162 valence electrons. The minimum absolute atomic E-state index is 0.0249. The van der Waals surface area contributed by atoms with Crippen LogP contribution in [0.25, 0.3) is 0 Å². The molecular weight excluding hydrogens is 418 g/mol. The molecule has 3 N–H and O–H groups in total. The van der Waals surface area contributed by atoms with Crippen LogP contribution >= 0.6 is 9.42 Å². The lowest BCUT2D eigenvalue weighted by Crippen LogP contribution is -2.57. The van der Waals surface area contributed by atoms with E-state index in [1.807, 2.05) is 6.92 Å². The highest BCUT2D eigenvalue weighted by Crippen LogP contribution is 3.00. The lowest BCUT2D eigenvalue weighted by Gasteiger charge is -2.69. The molecule has 3 heterocycles. The molecular formula is C18H21N3O8S. The molecule has 0 amide bonds. The van der Waals surface area contributed by atoms with Crippen molar-refractivity contribution in [2.75, 3.05) is 6.54 Å². The minimum Gasteiger partial charge on any atom is -0.370 e. The highest BCUT2D eigenvalue weighted by molar-refractivity contribution is 8.65. The number of allylic oxidation sites excluding steroid dienone is 1. The number of hydrogen-bond acceptors (Lipinski definition) is 11. The van der Waals surface area contributed by atoms with Gasteiger partial charge in [-0.1, -0.05) is 6.92 Å². The molecule has 1 aliphatic carbocycles. The number of nitrogens with one attached hydrogen (secondary N) is 1. The summed E-state index contributed by atoms with van der Waals surface area (Å²) in [5.74, 6) is -4.55. The van der Waals surface area contributed by atoms with E-state index in [-0.39, 0.29) is 23.1 Å². The van der Waals surface area contributed by atoms with E-state index in [0.717, 1.165) is 30.7 Å². The average molecular weight is 439 g/mol. The summed E-state index contributed by atoms with van der Waals surface area (Å²) >= 11 is 0. The van der Waals surface area contributed by atoms with Crippen molar-refractivity contribution in [2.45, 2.75) is 38.6 Å². The monoisotopic (exact) mass is 439 g/mol. The number of amidine groups is 1. The Morgan fingerprint density at radius 2 is 1.50 bits per heavy atom. The summed E-state index contributed by atoms with van der Waals surface area (Å²) in [6, 6.07) is -0.183. The number of carbonyl (C=O) groups excluding carboxylic acids is 4. The van der Waals surface area contributed by atoms with Gasteiger partial charge in [0.2, 0.25) is 9.42 Å². The number of rotatable bonds is 3. The van der Waals surface area contributed by atoms with Gasteiger partial charge in [0.15, 0.2) is 0 Å². The first-order valence-corrected chi connectivity index (χ1v) is 11.5. The van der Waals surface area contributed by atoms with Crippen LogP contribution in [0.5, 0.6) is 0 Å². The van der Waals surface area contributed by atoms with Gasteiger partial charge in [-0.25, -0.2) is 24.2 Å². The Balaban J connectivity index is 2.02. The van der Waals surface area contributed by atoms with Crippen LogP contribution in [-0.2, 0) is 35.9 Å². The zero-order chi connectivity index (χ0) is 21.6. The number of hydrogen-bond donors (Lipinski definition) is 2. The number of carbonyl (C=O) groups is 4. The van der Waals surface area contributed by atoms with E-state index in [0.29, 0.717) is 19.4 Å². The summed E-state index contributed by atoms with van der Waals surface area (Å²) in [5, 5.41) is 2.63. The fourth-order valence-electron chi connectivity index (χ4n) is 3.91. The summed E-state index contributed by atoms with van der Waals surface area (Å²) < 4.78 is 22.3. The molecule has 0 bridgehead atoms. The van der Waals surface area contributed by atoms with Gasteiger partial charge in [-0.3, -0.25) is 0 Å². The Morgan fingerprint density at radius 1 is 1.00 bits per heavy atom. The largest absolute Gasteiger partial charge is 0.370 e. The predicted octanol–water partition coefficient (Wildman–Crippen LogP) is 0.927. The third-order valence-corrected chi connectivity index (χ3v) is 9.74. The molecule has 1 unspecified atom stereocenters. The van der Waals surface area contributed by atoms with Gasteiger partial charge < -0.3 is 27.8 Å². The molecule has 0 saturated carbocycles. The van der Waals surface area contributed by atoms with Gasteiger partial charge in [0.1, 0.15) is 4.91 Å². The number of aliphatic imine (C=N–C) groups is 1. The second-order valence-corrected chi connectivity index (χ2v) is 11.1. The van der Waals surface area contributed by atoms with Gasteiger partial charge in [-0.05, 0) is 25.8 Å². The molecule has 0 aromatic rings. The zero-order valence-electron chi connectivity index (χ0n) is 16.1. The first kappa shape index (κ1) is 20.2. The molecule has 30 heavy (non-hydrogen) atoms. The van der Waals surface area contributed by atoms with Gasteiger partial charge in [0, 0.05) is 36.8 Å². The summed E-state index contributed by atoms with van der Waals surface area (Å²) in [6.45, 7) is 2.68. The van der Waals surface area contributed by atoms with Crippen molar-refractivity contribution in [1.29, 1.82) is 0 Å². The molecule has 4 rings (SSSR count). The third-order valence-electron chi connectivity index (χ3n) is 5.16. The van der Waals surface area contributed by atoms with Crippen LogP contribution in [0.3, 0.4) is 0 Å². The zero-order valence-corrected chi connectivity index (χ0v) is 16.9. The van der Waals surface area contributed by atoms with Crippen molar-refractivity contribution in [3.63, 3.8) is 0 Å². The van der Waals surface area contributed by atoms with Crippen LogP contribution in [0.2, 0.25) is 0 Å². The van der Waals surface area contributed by atoms with Gasteiger partial charge in [-0.2, -0.15) is 0 Å². The minimum atomic E-state index is -6.35. The van der Waals surface area contributed by atoms with Crippen molar-refractivity contribution in [3.05, 3.63) is 34.9 Å². The Kier molecular flexibility index (Phi) is 4.16. The Hall–Kier alpha value is -3.12. The molecule has 0 fully saturated rings. The van der Waals surface area contributed by atoms with Crippen molar-refractivity contribution in [1.82, 2.24) is 5.32 Å². The second-order valence-electron chi connectivity index (χ2n) is 7.17. The van der Waals surface area contributed by atoms with E-state index in [1.165, 1.54) is 0 Å². The van der Waals surface area contributed by atoms with Crippen molar-refractivity contribution >= 4 is 38.5 Å². The van der Waals surface area contributed by atoms with E-state index < -0.39 is 38.5 Å². The fourth-order valence-corrected chi connectivity index (χ4v) is 8.31. The van der Waals surface area contributed by atoms with Crippen molar-refractivity contribution in [3.8, 4) is 0 Å². The van der Waals surface area contributed by atoms with Crippen LogP contribution in [0.15, 0.2) is 39.9 Å². The molecule has 1 spiro atoms. The molecule has 0 aromatic heterocycles. The maximum Gasteiger partial charge on any atom is 0.348 e. The molecule has 4 aliphatic rings.